The second-order valence-electron chi connectivity index (χ2n) is 3.72. The van der Waals surface area contributed by atoms with Crippen molar-refractivity contribution in [2.45, 2.75) is 13.2 Å². The number of aromatic nitrogens is 1. The Bertz CT molecular complexity index is 528. The summed E-state index contributed by atoms with van der Waals surface area (Å²) in [7, 11) is 0. The number of halogens is 3. The van der Waals surface area contributed by atoms with E-state index in [9.17, 15) is 0 Å². The van der Waals surface area contributed by atoms with Gasteiger partial charge < -0.3 is 4.74 Å². The molecule has 0 aliphatic heterocycles. The van der Waals surface area contributed by atoms with Gasteiger partial charge in [0.1, 0.15) is 5.15 Å². The first-order valence-corrected chi connectivity index (χ1v) is 6.40. The van der Waals surface area contributed by atoms with Crippen molar-refractivity contribution in [1.29, 1.82) is 0 Å². The van der Waals surface area contributed by atoms with Crippen LogP contribution in [0.3, 0.4) is 0 Å². The molecule has 0 spiro atoms. The van der Waals surface area contributed by atoms with E-state index in [-0.39, 0.29) is 0 Å². The monoisotopic (exact) mass is 301 g/mol. The van der Waals surface area contributed by atoms with E-state index in [2.05, 4.69) is 4.98 Å². The molecule has 94 valence electrons. The molecular weight excluding hydrogens is 293 g/mol. The maximum Gasteiger partial charge on any atom is 0.130 e. The van der Waals surface area contributed by atoms with Gasteiger partial charge in [-0.15, -0.1) is 0 Å². The lowest BCUT2D eigenvalue weighted by Crippen LogP contribution is -1.95. The highest BCUT2D eigenvalue weighted by atomic mass is 35.5. The molecule has 1 aromatic heterocycles. The van der Waals surface area contributed by atoms with E-state index in [1.165, 1.54) is 0 Å². The van der Waals surface area contributed by atoms with E-state index in [0.717, 1.165) is 11.1 Å². The molecule has 5 heteroatoms. The molecule has 0 atom stereocenters. The Morgan fingerprint density at radius 2 is 1.72 bits per heavy atom. The molecule has 0 radical (unpaired) electrons. The average molecular weight is 303 g/mol. The number of benzene rings is 1. The van der Waals surface area contributed by atoms with Gasteiger partial charge in [-0.25, -0.2) is 4.98 Å². The molecule has 0 N–H and O–H groups in total. The van der Waals surface area contributed by atoms with Crippen LogP contribution in [0, 0.1) is 0 Å². The van der Waals surface area contributed by atoms with Crippen LogP contribution in [0.15, 0.2) is 36.5 Å². The Morgan fingerprint density at radius 1 is 1.00 bits per heavy atom. The summed E-state index contributed by atoms with van der Waals surface area (Å²) in [5, 5.41) is 1.65. The van der Waals surface area contributed by atoms with E-state index in [0.29, 0.717) is 28.4 Å². The van der Waals surface area contributed by atoms with Crippen LogP contribution in [-0.4, -0.2) is 4.98 Å². The van der Waals surface area contributed by atoms with Crippen molar-refractivity contribution in [3.8, 4) is 0 Å². The van der Waals surface area contributed by atoms with Gasteiger partial charge in [-0.1, -0.05) is 46.9 Å². The lowest BCUT2D eigenvalue weighted by Gasteiger charge is -2.06. The zero-order chi connectivity index (χ0) is 13.0. The minimum absolute atomic E-state index is 0.376. The van der Waals surface area contributed by atoms with Crippen molar-refractivity contribution in [2.75, 3.05) is 0 Å². The molecule has 2 nitrogen and oxygen atoms in total. The highest BCUT2D eigenvalue weighted by Gasteiger charge is 2.02. The largest absolute Gasteiger partial charge is 0.372 e. The van der Waals surface area contributed by atoms with Crippen LogP contribution in [0.4, 0.5) is 0 Å². The van der Waals surface area contributed by atoms with Crippen molar-refractivity contribution >= 4 is 34.8 Å². The zero-order valence-electron chi connectivity index (χ0n) is 9.37. The van der Waals surface area contributed by atoms with Gasteiger partial charge in [-0.05, 0) is 23.8 Å². The van der Waals surface area contributed by atoms with Gasteiger partial charge >= 0.3 is 0 Å². The highest BCUT2D eigenvalue weighted by molar-refractivity contribution is 6.34. The van der Waals surface area contributed by atoms with Gasteiger partial charge in [-0.2, -0.15) is 0 Å². The molecule has 1 aromatic carbocycles. The minimum atomic E-state index is 0.376. The van der Waals surface area contributed by atoms with Gasteiger partial charge in [0.25, 0.3) is 0 Å². The second kappa shape index (κ2) is 6.39. The van der Waals surface area contributed by atoms with Crippen LogP contribution < -0.4 is 0 Å². The average Bonchev–Trinajstić information content (AvgIpc) is 2.34. The third-order valence-electron chi connectivity index (χ3n) is 2.34. The fraction of sp³-hybridized carbons (Fsp3) is 0.154. The van der Waals surface area contributed by atoms with Crippen molar-refractivity contribution in [3.05, 3.63) is 62.9 Å². The number of hydrogen-bond acceptors (Lipinski definition) is 2. The number of pyridine rings is 1. The molecule has 1 heterocycles. The molecule has 0 aliphatic rings. The van der Waals surface area contributed by atoms with Gasteiger partial charge in [0.05, 0.1) is 18.2 Å². The first-order chi connectivity index (χ1) is 8.65. The minimum Gasteiger partial charge on any atom is -0.372 e. The molecule has 0 bridgehead atoms. The summed E-state index contributed by atoms with van der Waals surface area (Å²) < 4.78 is 5.56. The number of nitrogens with zero attached hydrogens (tertiary/aromatic N) is 1. The van der Waals surface area contributed by atoms with Gasteiger partial charge in [0.15, 0.2) is 0 Å². The van der Waals surface area contributed by atoms with Crippen molar-refractivity contribution in [3.63, 3.8) is 0 Å². The standard InChI is InChI=1S/C13H10Cl3NO/c14-11-3-1-9(2-4-11)7-18-8-10-6-17-13(16)5-12(10)15/h1-6H,7-8H2. The summed E-state index contributed by atoms with van der Waals surface area (Å²) in [5.41, 5.74) is 1.87. The fourth-order valence-electron chi connectivity index (χ4n) is 1.40. The maximum atomic E-state index is 6.01. The zero-order valence-corrected chi connectivity index (χ0v) is 11.6. The Balaban J connectivity index is 1.90. The molecule has 2 rings (SSSR count). The van der Waals surface area contributed by atoms with Crippen molar-refractivity contribution in [2.24, 2.45) is 0 Å². The van der Waals surface area contributed by atoms with Crippen molar-refractivity contribution < 1.29 is 4.74 Å². The molecule has 0 saturated carbocycles. The summed E-state index contributed by atoms with van der Waals surface area (Å²) in [6.45, 7) is 0.891. The van der Waals surface area contributed by atoms with E-state index < -0.39 is 0 Å². The summed E-state index contributed by atoms with van der Waals surface area (Å²) in [5.74, 6) is 0. The van der Waals surface area contributed by atoms with Crippen LogP contribution in [0.25, 0.3) is 0 Å². The third-order valence-corrected chi connectivity index (χ3v) is 3.15. The fourth-order valence-corrected chi connectivity index (χ4v) is 1.95. The van der Waals surface area contributed by atoms with E-state index in [1.54, 1.807) is 12.3 Å². The molecule has 0 amide bonds. The predicted molar refractivity (Wildman–Crippen MR) is 74.2 cm³/mol. The predicted octanol–water partition coefficient (Wildman–Crippen LogP) is 4.76. The Morgan fingerprint density at radius 3 is 2.39 bits per heavy atom. The Hall–Kier alpha value is -0.800. The molecular formula is C13H10Cl3NO. The van der Waals surface area contributed by atoms with Gasteiger partial charge in [0.2, 0.25) is 0 Å². The van der Waals surface area contributed by atoms with Crippen LogP contribution >= 0.6 is 34.8 Å². The summed E-state index contributed by atoms with van der Waals surface area (Å²) in [6.07, 6.45) is 1.62. The SMILES string of the molecule is Clc1ccc(COCc2cnc(Cl)cc2Cl)cc1. The maximum absolute atomic E-state index is 6.01. The molecule has 0 saturated heterocycles. The van der Waals surface area contributed by atoms with Crippen molar-refractivity contribution in [1.82, 2.24) is 4.98 Å². The van der Waals surface area contributed by atoms with E-state index in [1.807, 2.05) is 24.3 Å². The molecule has 0 aliphatic carbocycles. The van der Waals surface area contributed by atoms with Gasteiger partial charge in [-0.3, -0.25) is 0 Å². The Labute approximate surface area is 120 Å². The van der Waals surface area contributed by atoms with Crippen LogP contribution in [-0.2, 0) is 18.0 Å². The lowest BCUT2D eigenvalue weighted by atomic mass is 10.2. The molecule has 0 fully saturated rings. The number of hydrogen-bond donors (Lipinski definition) is 0. The highest BCUT2D eigenvalue weighted by Crippen LogP contribution is 2.19. The van der Waals surface area contributed by atoms with Crippen LogP contribution in [0.2, 0.25) is 15.2 Å². The van der Waals surface area contributed by atoms with E-state index in [4.69, 9.17) is 39.5 Å². The van der Waals surface area contributed by atoms with Crippen LogP contribution in [0.1, 0.15) is 11.1 Å². The van der Waals surface area contributed by atoms with Gasteiger partial charge in [0, 0.05) is 16.8 Å². The summed E-state index contributed by atoms with van der Waals surface area (Å²) >= 11 is 17.5. The molecule has 0 unspecified atom stereocenters. The normalized spacial score (nSPS) is 10.6. The number of rotatable bonds is 4. The Kier molecular flexibility index (Phi) is 4.84. The second-order valence-corrected chi connectivity index (χ2v) is 4.95. The summed E-state index contributed by atoms with van der Waals surface area (Å²) in [4.78, 5) is 3.96. The number of ether oxygens (including phenoxy) is 1. The lowest BCUT2D eigenvalue weighted by molar-refractivity contribution is 0.107. The molecule has 18 heavy (non-hydrogen) atoms. The first kappa shape index (κ1) is 13.6. The van der Waals surface area contributed by atoms with Crippen LogP contribution in [0.5, 0.6) is 0 Å². The summed E-state index contributed by atoms with van der Waals surface area (Å²) in [6, 6.07) is 9.10. The quantitative estimate of drug-likeness (QED) is 0.760. The first-order valence-electron chi connectivity index (χ1n) is 5.27. The smallest absolute Gasteiger partial charge is 0.130 e. The molecule has 2 aromatic rings. The topological polar surface area (TPSA) is 22.1 Å². The third kappa shape index (κ3) is 3.85. The van der Waals surface area contributed by atoms with E-state index >= 15 is 0 Å².